The lowest BCUT2D eigenvalue weighted by Gasteiger charge is -2.30. The molecule has 0 amide bonds. The van der Waals surface area contributed by atoms with Gasteiger partial charge in [0, 0.05) is 12.2 Å². The highest BCUT2D eigenvalue weighted by Crippen LogP contribution is 2.37. The molecule has 0 aromatic heterocycles. The number of nitriles is 1. The van der Waals surface area contributed by atoms with Crippen LogP contribution in [0, 0.1) is 23.1 Å². The van der Waals surface area contributed by atoms with Crippen LogP contribution >= 0.6 is 0 Å². The smallest absolute Gasteiger partial charge is 0.127 e. The summed E-state index contributed by atoms with van der Waals surface area (Å²) < 4.78 is 13.5. The van der Waals surface area contributed by atoms with Crippen LogP contribution in [0.2, 0.25) is 0 Å². The van der Waals surface area contributed by atoms with Crippen molar-refractivity contribution in [2.75, 3.05) is 6.61 Å². The third kappa shape index (κ3) is 2.70. The quantitative estimate of drug-likeness (QED) is 0.891. The van der Waals surface area contributed by atoms with Crippen molar-refractivity contribution in [2.24, 2.45) is 5.92 Å². The van der Waals surface area contributed by atoms with Crippen LogP contribution in [0.3, 0.4) is 0 Å². The second-order valence-electron chi connectivity index (χ2n) is 5.02. The van der Waals surface area contributed by atoms with E-state index < -0.39 is 0 Å². The number of benzene rings is 1. The SMILES string of the molecule is N#CCc1cc([C@@H]2CCCC[C@H]2CO)ccc1F. The van der Waals surface area contributed by atoms with E-state index in [1.54, 1.807) is 12.1 Å². The third-order valence-electron chi connectivity index (χ3n) is 3.91. The van der Waals surface area contributed by atoms with E-state index in [9.17, 15) is 9.50 Å². The maximum atomic E-state index is 13.5. The fourth-order valence-corrected chi connectivity index (χ4v) is 2.91. The topological polar surface area (TPSA) is 44.0 Å². The predicted octanol–water partition coefficient (Wildman–Crippen LogP) is 3.16. The van der Waals surface area contributed by atoms with Gasteiger partial charge in [-0.2, -0.15) is 5.26 Å². The molecular weight excluding hydrogens is 229 g/mol. The van der Waals surface area contributed by atoms with Gasteiger partial charge in [0.25, 0.3) is 0 Å². The average Bonchev–Trinajstić information content (AvgIpc) is 2.41. The van der Waals surface area contributed by atoms with Gasteiger partial charge in [-0.25, -0.2) is 4.39 Å². The van der Waals surface area contributed by atoms with Crippen molar-refractivity contribution in [1.82, 2.24) is 0 Å². The lowest BCUT2D eigenvalue weighted by molar-refractivity contribution is 0.169. The highest BCUT2D eigenvalue weighted by Gasteiger charge is 2.26. The Morgan fingerprint density at radius 3 is 2.83 bits per heavy atom. The van der Waals surface area contributed by atoms with Crippen molar-refractivity contribution in [1.29, 1.82) is 5.26 Å². The molecule has 1 aromatic carbocycles. The van der Waals surface area contributed by atoms with E-state index >= 15 is 0 Å². The molecule has 0 aliphatic heterocycles. The molecule has 0 heterocycles. The molecule has 1 N–H and O–H groups in total. The van der Waals surface area contributed by atoms with Crippen LogP contribution in [0.5, 0.6) is 0 Å². The number of hydrogen-bond donors (Lipinski definition) is 1. The van der Waals surface area contributed by atoms with Gasteiger partial charge >= 0.3 is 0 Å². The van der Waals surface area contributed by atoms with E-state index in [0.29, 0.717) is 11.5 Å². The van der Waals surface area contributed by atoms with E-state index in [-0.39, 0.29) is 24.8 Å². The first-order valence-electron chi connectivity index (χ1n) is 6.52. The van der Waals surface area contributed by atoms with E-state index in [1.807, 2.05) is 6.07 Å². The standard InChI is InChI=1S/C15H18FNO/c16-15-6-5-11(9-12(15)7-8-17)14-4-2-1-3-13(14)10-18/h5-6,9,13-14,18H,1-4,7,10H2/t13-,14-/m0/s1. The Bertz CT molecular complexity index is 452. The number of nitrogens with zero attached hydrogens (tertiary/aromatic N) is 1. The summed E-state index contributed by atoms with van der Waals surface area (Å²) in [6.45, 7) is 0.190. The summed E-state index contributed by atoms with van der Waals surface area (Å²) in [6.07, 6.45) is 4.51. The average molecular weight is 247 g/mol. The highest BCUT2D eigenvalue weighted by molar-refractivity contribution is 5.30. The highest BCUT2D eigenvalue weighted by atomic mass is 19.1. The zero-order valence-corrected chi connectivity index (χ0v) is 10.4. The number of aliphatic hydroxyl groups excluding tert-OH is 1. The molecule has 0 saturated heterocycles. The lowest BCUT2D eigenvalue weighted by atomic mass is 9.75. The Labute approximate surface area is 107 Å². The van der Waals surface area contributed by atoms with Crippen molar-refractivity contribution in [3.8, 4) is 6.07 Å². The molecule has 1 aliphatic rings. The maximum Gasteiger partial charge on any atom is 0.127 e. The molecule has 0 radical (unpaired) electrons. The maximum absolute atomic E-state index is 13.5. The summed E-state index contributed by atoms with van der Waals surface area (Å²) >= 11 is 0. The lowest BCUT2D eigenvalue weighted by Crippen LogP contribution is -2.21. The van der Waals surface area contributed by atoms with Crippen molar-refractivity contribution >= 4 is 0 Å². The number of hydrogen-bond acceptors (Lipinski definition) is 2. The van der Waals surface area contributed by atoms with Gasteiger partial charge in [0.05, 0.1) is 12.5 Å². The monoisotopic (exact) mass is 247 g/mol. The van der Waals surface area contributed by atoms with Crippen LogP contribution in [0.15, 0.2) is 18.2 Å². The van der Waals surface area contributed by atoms with E-state index in [2.05, 4.69) is 0 Å². The molecule has 18 heavy (non-hydrogen) atoms. The van der Waals surface area contributed by atoms with Gasteiger partial charge < -0.3 is 5.11 Å². The minimum atomic E-state index is -0.309. The van der Waals surface area contributed by atoms with Gasteiger partial charge in [-0.1, -0.05) is 25.0 Å². The molecule has 1 aromatic rings. The normalized spacial score (nSPS) is 23.6. The third-order valence-corrected chi connectivity index (χ3v) is 3.91. The van der Waals surface area contributed by atoms with Crippen molar-refractivity contribution in [3.63, 3.8) is 0 Å². The molecule has 0 bridgehead atoms. The van der Waals surface area contributed by atoms with Gasteiger partial charge in [0.1, 0.15) is 5.82 Å². The first-order chi connectivity index (χ1) is 8.76. The largest absolute Gasteiger partial charge is 0.396 e. The Morgan fingerprint density at radius 2 is 2.11 bits per heavy atom. The van der Waals surface area contributed by atoms with Crippen molar-refractivity contribution in [2.45, 2.75) is 38.0 Å². The summed E-state index contributed by atoms with van der Waals surface area (Å²) in [4.78, 5) is 0. The summed E-state index contributed by atoms with van der Waals surface area (Å²) in [7, 11) is 0. The van der Waals surface area contributed by atoms with Gasteiger partial charge in [-0.05, 0) is 36.3 Å². The minimum Gasteiger partial charge on any atom is -0.396 e. The second-order valence-corrected chi connectivity index (χ2v) is 5.02. The van der Waals surface area contributed by atoms with Crippen LogP contribution in [0.25, 0.3) is 0 Å². The molecule has 3 heteroatoms. The number of halogens is 1. The van der Waals surface area contributed by atoms with Crippen LogP contribution in [-0.4, -0.2) is 11.7 Å². The van der Waals surface area contributed by atoms with Crippen molar-refractivity contribution in [3.05, 3.63) is 35.1 Å². The summed E-state index contributed by atoms with van der Waals surface area (Å²) in [5.41, 5.74) is 1.54. The van der Waals surface area contributed by atoms with Gasteiger partial charge in [-0.3, -0.25) is 0 Å². The van der Waals surface area contributed by atoms with E-state index in [4.69, 9.17) is 5.26 Å². The number of rotatable bonds is 3. The van der Waals surface area contributed by atoms with Gasteiger partial charge in [0.2, 0.25) is 0 Å². The molecule has 2 rings (SSSR count). The van der Waals surface area contributed by atoms with Crippen LogP contribution < -0.4 is 0 Å². The Kier molecular flexibility index (Phi) is 4.33. The summed E-state index contributed by atoms with van der Waals surface area (Å²) in [6, 6.07) is 7.04. The molecule has 0 spiro atoms. The Hall–Kier alpha value is -1.40. The van der Waals surface area contributed by atoms with Gasteiger partial charge in [-0.15, -0.1) is 0 Å². The molecule has 1 fully saturated rings. The minimum absolute atomic E-state index is 0.107. The Morgan fingerprint density at radius 1 is 1.33 bits per heavy atom. The number of aliphatic hydroxyl groups is 1. The molecule has 1 saturated carbocycles. The zero-order chi connectivity index (χ0) is 13.0. The summed E-state index contributed by atoms with van der Waals surface area (Å²) in [5, 5.41) is 18.1. The zero-order valence-electron chi connectivity index (χ0n) is 10.4. The first kappa shape index (κ1) is 13.0. The van der Waals surface area contributed by atoms with Crippen molar-refractivity contribution < 1.29 is 9.50 Å². The molecule has 1 aliphatic carbocycles. The second kappa shape index (κ2) is 5.97. The molecule has 0 unspecified atom stereocenters. The molecule has 96 valence electrons. The van der Waals surface area contributed by atoms with Crippen LogP contribution in [0.4, 0.5) is 4.39 Å². The fourth-order valence-electron chi connectivity index (χ4n) is 2.91. The van der Waals surface area contributed by atoms with E-state index in [0.717, 1.165) is 31.2 Å². The molecule has 2 atom stereocenters. The summed E-state index contributed by atoms with van der Waals surface area (Å²) in [5.74, 6) is 0.276. The fraction of sp³-hybridized carbons (Fsp3) is 0.533. The van der Waals surface area contributed by atoms with Crippen LogP contribution in [0.1, 0.15) is 42.7 Å². The molecular formula is C15H18FNO. The van der Waals surface area contributed by atoms with Gasteiger partial charge in [0.15, 0.2) is 0 Å². The first-order valence-corrected chi connectivity index (χ1v) is 6.52. The van der Waals surface area contributed by atoms with E-state index in [1.165, 1.54) is 6.07 Å². The predicted molar refractivity (Wildman–Crippen MR) is 67.5 cm³/mol. The van der Waals surface area contributed by atoms with Crippen LogP contribution in [-0.2, 0) is 6.42 Å². The Balaban J connectivity index is 2.26. The molecule has 2 nitrogen and oxygen atoms in total.